The lowest BCUT2D eigenvalue weighted by atomic mass is 10.2. The first-order valence-electron chi connectivity index (χ1n) is 6.79. The molecular formula is C15H24N2O3. The Hall–Kier alpha value is -1.75. The molecule has 0 radical (unpaired) electrons. The molecular weight excluding hydrogens is 256 g/mol. The van der Waals surface area contributed by atoms with Gasteiger partial charge in [-0.3, -0.25) is 4.79 Å². The van der Waals surface area contributed by atoms with Crippen molar-refractivity contribution in [2.24, 2.45) is 0 Å². The molecule has 0 unspecified atom stereocenters. The molecule has 1 fully saturated rings. The second kappa shape index (κ2) is 7.75. The van der Waals surface area contributed by atoms with Gasteiger partial charge in [-0.05, 0) is 32.9 Å². The summed E-state index contributed by atoms with van der Waals surface area (Å²) in [6.45, 7) is 9.85. The topological polar surface area (TPSA) is 61.8 Å². The molecule has 112 valence electrons. The van der Waals surface area contributed by atoms with E-state index in [0.717, 1.165) is 31.9 Å². The van der Waals surface area contributed by atoms with Crippen LogP contribution in [-0.4, -0.2) is 43.4 Å². The van der Waals surface area contributed by atoms with E-state index in [1.807, 2.05) is 39.0 Å². The van der Waals surface area contributed by atoms with Gasteiger partial charge in [0.25, 0.3) is 6.47 Å². The van der Waals surface area contributed by atoms with E-state index in [9.17, 15) is 9.90 Å². The first kappa shape index (κ1) is 16.3. The van der Waals surface area contributed by atoms with Crippen LogP contribution in [0.4, 0.5) is 5.69 Å². The maximum Gasteiger partial charge on any atom is 0.293 e. The molecule has 1 aromatic rings. The lowest BCUT2D eigenvalue weighted by molar-refractivity contribution is -0.138. The van der Waals surface area contributed by atoms with Crippen LogP contribution in [0.2, 0.25) is 0 Å². The van der Waals surface area contributed by atoms with Gasteiger partial charge in [0.15, 0.2) is 0 Å². The van der Waals surface area contributed by atoms with E-state index in [4.69, 9.17) is 0 Å². The molecule has 2 N–H and O–H groups in total. The van der Waals surface area contributed by atoms with Gasteiger partial charge in [-0.1, -0.05) is 12.1 Å². The highest BCUT2D eigenvalue weighted by Crippen LogP contribution is 2.26. The highest BCUT2D eigenvalue weighted by molar-refractivity contribution is 5.57. The molecule has 5 nitrogen and oxygen atoms in total. The molecule has 0 aliphatic carbocycles. The van der Waals surface area contributed by atoms with Gasteiger partial charge in [0.2, 0.25) is 0 Å². The Morgan fingerprint density at radius 2 is 1.85 bits per heavy atom. The number of anilines is 1. The Morgan fingerprint density at radius 1 is 1.25 bits per heavy atom. The van der Waals surface area contributed by atoms with Crippen molar-refractivity contribution in [3.8, 4) is 5.75 Å². The van der Waals surface area contributed by atoms with E-state index in [2.05, 4.69) is 15.0 Å². The molecule has 0 spiro atoms. The van der Waals surface area contributed by atoms with Crippen molar-refractivity contribution in [3.05, 3.63) is 24.3 Å². The van der Waals surface area contributed by atoms with Gasteiger partial charge < -0.3 is 20.1 Å². The van der Waals surface area contributed by atoms with E-state index >= 15 is 0 Å². The van der Waals surface area contributed by atoms with Crippen molar-refractivity contribution >= 4 is 12.2 Å². The monoisotopic (exact) mass is 280 g/mol. The standard InChI is InChI=1S/C10H14N2O.C5H10O2/c13-10-4-2-1-3-9(10)12-7-5-11-6-8-12;1-5(2,3)7-4-6/h1-4,11,13H,5-8H2;4H,1-3H3. The maximum atomic E-state index is 9.60. The number of nitrogens with one attached hydrogen (secondary N) is 1. The molecule has 1 saturated heterocycles. The zero-order valence-electron chi connectivity index (χ0n) is 12.4. The third kappa shape index (κ3) is 5.93. The predicted octanol–water partition coefficient (Wildman–Crippen LogP) is 1.76. The summed E-state index contributed by atoms with van der Waals surface area (Å²) >= 11 is 0. The number of hydrogen-bond donors (Lipinski definition) is 2. The molecule has 2 rings (SSSR count). The van der Waals surface area contributed by atoms with E-state index in [-0.39, 0.29) is 5.60 Å². The Labute approximate surface area is 120 Å². The van der Waals surface area contributed by atoms with Gasteiger partial charge >= 0.3 is 0 Å². The van der Waals surface area contributed by atoms with Crippen molar-refractivity contribution < 1.29 is 14.6 Å². The van der Waals surface area contributed by atoms with Gasteiger partial charge in [0.05, 0.1) is 5.69 Å². The second-order valence-electron chi connectivity index (χ2n) is 5.55. The van der Waals surface area contributed by atoms with Gasteiger partial charge in [-0.2, -0.15) is 0 Å². The Balaban J connectivity index is 0.000000246. The van der Waals surface area contributed by atoms with Crippen LogP contribution in [0.25, 0.3) is 0 Å². The Morgan fingerprint density at radius 3 is 2.30 bits per heavy atom. The number of carbonyl (C=O) groups excluding carboxylic acids is 1. The Bertz CT molecular complexity index is 410. The number of carbonyl (C=O) groups is 1. The van der Waals surface area contributed by atoms with Gasteiger partial charge in [-0.25, -0.2) is 0 Å². The van der Waals surface area contributed by atoms with Crippen LogP contribution >= 0.6 is 0 Å². The minimum atomic E-state index is -0.318. The number of piperazine rings is 1. The molecule has 0 atom stereocenters. The lowest BCUT2D eigenvalue weighted by Gasteiger charge is -2.29. The van der Waals surface area contributed by atoms with Crippen LogP contribution < -0.4 is 10.2 Å². The molecule has 0 bridgehead atoms. The first-order valence-corrected chi connectivity index (χ1v) is 6.79. The quantitative estimate of drug-likeness (QED) is 0.808. The molecule has 1 heterocycles. The number of phenols is 1. The van der Waals surface area contributed by atoms with Crippen LogP contribution in [0.5, 0.6) is 5.75 Å². The number of nitrogens with zero attached hydrogens (tertiary/aromatic N) is 1. The zero-order valence-corrected chi connectivity index (χ0v) is 12.4. The maximum absolute atomic E-state index is 9.60. The minimum Gasteiger partial charge on any atom is -0.506 e. The fourth-order valence-electron chi connectivity index (χ4n) is 1.78. The van der Waals surface area contributed by atoms with Crippen LogP contribution in [0, 0.1) is 0 Å². The molecule has 0 aromatic heterocycles. The van der Waals surface area contributed by atoms with Crippen molar-refractivity contribution in [3.63, 3.8) is 0 Å². The second-order valence-corrected chi connectivity index (χ2v) is 5.55. The fourth-order valence-corrected chi connectivity index (χ4v) is 1.78. The number of ether oxygens (including phenoxy) is 1. The number of phenolic OH excluding ortho intramolecular Hbond substituents is 1. The third-order valence-corrected chi connectivity index (χ3v) is 2.74. The number of rotatable bonds is 2. The molecule has 1 aliphatic heterocycles. The third-order valence-electron chi connectivity index (χ3n) is 2.74. The molecule has 20 heavy (non-hydrogen) atoms. The van der Waals surface area contributed by atoms with Gasteiger partial charge in [0.1, 0.15) is 11.4 Å². The van der Waals surface area contributed by atoms with Crippen LogP contribution in [0.1, 0.15) is 20.8 Å². The van der Waals surface area contributed by atoms with E-state index < -0.39 is 0 Å². The normalized spacial score (nSPS) is 15.1. The summed E-state index contributed by atoms with van der Waals surface area (Å²) in [5.41, 5.74) is 0.630. The fraction of sp³-hybridized carbons (Fsp3) is 0.533. The summed E-state index contributed by atoms with van der Waals surface area (Å²) in [5, 5.41) is 12.9. The van der Waals surface area contributed by atoms with Crippen LogP contribution in [0.15, 0.2) is 24.3 Å². The summed E-state index contributed by atoms with van der Waals surface area (Å²) < 4.78 is 4.55. The summed E-state index contributed by atoms with van der Waals surface area (Å²) in [4.78, 5) is 11.8. The van der Waals surface area contributed by atoms with E-state index in [1.165, 1.54) is 0 Å². The van der Waals surface area contributed by atoms with E-state index in [1.54, 1.807) is 6.07 Å². The zero-order chi connectivity index (χ0) is 15.0. The van der Waals surface area contributed by atoms with Crippen LogP contribution in [-0.2, 0) is 9.53 Å². The lowest BCUT2D eigenvalue weighted by Crippen LogP contribution is -2.43. The average molecular weight is 280 g/mol. The predicted molar refractivity (Wildman–Crippen MR) is 80.1 cm³/mol. The number of benzene rings is 1. The summed E-state index contributed by atoms with van der Waals surface area (Å²) in [6, 6.07) is 7.50. The summed E-state index contributed by atoms with van der Waals surface area (Å²) in [6.07, 6.45) is 0. The average Bonchev–Trinajstić information content (AvgIpc) is 2.40. The molecule has 0 amide bonds. The molecule has 5 heteroatoms. The number of hydrogen-bond acceptors (Lipinski definition) is 5. The Kier molecular flexibility index (Phi) is 6.31. The summed E-state index contributed by atoms with van der Waals surface area (Å²) in [7, 11) is 0. The van der Waals surface area contributed by atoms with Crippen molar-refractivity contribution in [1.82, 2.24) is 5.32 Å². The van der Waals surface area contributed by atoms with Gasteiger partial charge in [0, 0.05) is 26.2 Å². The van der Waals surface area contributed by atoms with E-state index in [0.29, 0.717) is 12.2 Å². The molecule has 1 aromatic carbocycles. The van der Waals surface area contributed by atoms with Crippen LogP contribution in [0.3, 0.4) is 0 Å². The number of para-hydroxylation sites is 2. The largest absolute Gasteiger partial charge is 0.506 e. The minimum absolute atomic E-state index is 0.318. The highest BCUT2D eigenvalue weighted by atomic mass is 16.5. The van der Waals surface area contributed by atoms with Crippen molar-refractivity contribution in [2.75, 3.05) is 31.1 Å². The van der Waals surface area contributed by atoms with Gasteiger partial charge in [-0.15, -0.1) is 0 Å². The smallest absolute Gasteiger partial charge is 0.293 e. The molecule has 0 saturated carbocycles. The van der Waals surface area contributed by atoms with Crippen molar-refractivity contribution in [2.45, 2.75) is 26.4 Å². The molecule has 1 aliphatic rings. The number of aromatic hydroxyl groups is 1. The SMILES string of the molecule is CC(C)(C)OC=O.Oc1ccccc1N1CCNCC1. The summed E-state index contributed by atoms with van der Waals surface area (Å²) in [5.74, 6) is 0.379. The first-order chi connectivity index (χ1) is 9.44. The highest BCUT2D eigenvalue weighted by Gasteiger charge is 2.12. The van der Waals surface area contributed by atoms with Crippen molar-refractivity contribution in [1.29, 1.82) is 0 Å².